The van der Waals surface area contributed by atoms with Crippen LogP contribution < -0.4 is 0 Å². The van der Waals surface area contributed by atoms with Gasteiger partial charge in [0.15, 0.2) is 0 Å². The van der Waals surface area contributed by atoms with Crippen LogP contribution in [0, 0.1) is 5.92 Å². The monoisotopic (exact) mass is 247 g/mol. The number of halogens is 2. The lowest BCUT2D eigenvalue weighted by Crippen LogP contribution is -2.12. The van der Waals surface area contributed by atoms with Gasteiger partial charge in [0.1, 0.15) is 6.10 Å². The molecule has 0 aliphatic carbocycles. The Labute approximate surface area is 100 Å². The third-order valence-corrected chi connectivity index (χ3v) is 3.12. The summed E-state index contributed by atoms with van der Waals surface area (Å²) in [6, 6.07) is 1.61. The molecule has 1 heterocycles. The van der Waals surface area contributed by atoms with Gasteiger partial charge in [-0.1, -0.05) is 49.9 Å². The highest BCUT2D eigenvalue weighted by Gasteiger charge is 2.21. The molecule has 0 bridgehead atoms. The summed E-state index contributed by atoms with van der Waals surface area (Å²) in [5, 5.41) is 11.0. The maximum Gasteiger partial charge on any atom is 0.100 e. The van der Waals surface area contributed by atoms with Crippen LogP contribution in [0.1, 0.15) is 38.5 Å². The summed E-state index contributed by atoms with van der Waals surface area (Å²) in [5.41, 5.74) is 0.523. The van der Waals surface area contributed by atoms with Crippen molar-refractivity contribution in [2.45, 2.75) is 32.8 Å². The maximum atomic E-state index is 10.1. The van der Waals surface area contributed by atoms with Crippen molar-refractivity contribution in [2.75, 3.05) is 0 Å². The van der Waals surface area contributed by atoms with Crippen LogP contribution in [0.2, 0.25) is 10.0 Å². The summed E-state index contributed by atoms with van der Waals surface area (Å²) >= 11 is 11.7. The van der Waals surface area contributed by atoms with E-state index in [0.717, 1.165) is 12.8 Å². The van der Waals surface area contributed by atoms with Crippen LogP contribution in [-0.4, -0.2) is 10.1 Å². The fourth-order valence-corrected chi connectivity index (χ4v) is 2.09. The van der Waals surface area contributed by atoms with E-state index in [9.17, 15) is 5.11 Å². The van der Waals surface area contributed by atoms with Crippen LogP contribution in [0.25, 0.3) is 0 Å². The molecule has 84 valence electrons. The molecular formula is C11H15Cl2NO. The first kappa shape index (κ1) is 12.8. The lowest BCUT2D eigenvalue weighted by atomic mass is 9.94. The Balaban J connectivity index is 2.94. The van der Waals surface area contributed by atoms with E-state index in [1.807, 2.05) is 13.8 Å². The molecule has 4 heteroatoms. The maximum absolute atomic E-state index is 10.1. The van der Waals surface area contributed by atoms with Gasteiger partial charge in [-0.05, 0) is 12.0 Å². The fraction of sp³-hybridized carbons (Fsp3) is 0.545. The Morgan fingerprint density at radius 2 is 1.93 bits per heavy atom. The van der Waals surface area contributed by atoms with Gasteiger partial charge in [0, 0.05) is 6.20 Å². The predicted molar refractivity (Wildman–Crippen MR) is 63.3 cm³/mol. The molecule has 0 aliphatic heterocycles. The van der Waals surface area contributed by atoms with E-state index >= 15 is 0 Å². The minimum absolute atomic E-state index is 0.191. The third kappa shape index (κ3) is 3.07. The predicted octanol–water partition coefficient (Wildman–Crippen LogP) is 3.86. The second-order valence-corrected chi connectivity index (χ2v) is 4.39. The topological polar surface area (TPSA) is 33.1 Å². The van der Waals surface area contributed by atoms with Gasteiger partial charge in [0.25, 0.3) is 0 Å². The molecule has 1 unspecified atom stereocenters. The van der Waals surface area contributed by atoms with Crippen molar-refractivity contribution in [3.8, 4) is 0 Å². The molecule has 0 fully saturated rings. The van der Waals surface area contributed by atoms with E-state index < -0.39 is 6.10 Å². The van der Waals surface area contributed by atoms with Gasteiger partial charge in [0.05, 0.1) is 15.7 Å². The number of nitrogens with zero attached hydrogens (tertiary/aromatic N) is 1. The first-order chi connectivity index (χ1) is 7.10. The summed E-state index contributed by atoms with van der Waals surface area (Å²) in [7, 11) is 0. The third-order valence-electron chi connectivity index (χ3n) is 2.61. The highest BCUT2D eigenvalue weighted by Crippen LogP contribution is 2.31. The molecular weight excluding hydrogens is 233 g/mol. The molecule has 1 rings (SSSR count). The molecule has 0 amide bonds. The van der Waals surface area contributed by atoms with Crippen LogP contribution in [0.4, 0.5) is 0 Å². The second kappa shape index (κ2) is 5.69. The largest absolute Gasteiger partial charge is 0.386 e. The summed E-state index contributed by atoms with van der Waals surface area (Å²) in [4.78, 5) is 4.08. The molecule has 0 aromatic carbocycles. The zero-order chi connectivity index (χ0) is 11.4. The molecule has 0 radical (unpaired) electrons. The van der Waals surface area contributed by atoms with E-state index in [1.165, 1.54) is 6.20 Å². The SMILES string of the molecule is CCC(CC)C(O)c1ncc(Cl)cc1Cl. The molecule has 1 aromatic rings. The van der Waals surface area contributed by atoms with E-state index in [1.54, 1.807) is 6.07 Å². The van der Waals surface area contributed by atoms with E-state index in [-0.39, 0.29) is 5.92 Å². The number of aliphatic hydroxyl groups is 1. The first-order valence-corrected chi connectivity index (χ1v) is 5.84. The van der Waals surface area contributed by atoms with Crippen LogP contribution in [0.15, 0.2) is 12.3 Å². The molecule has 1 N–H and O–H groups in total. The first-order valence-electron chi connectivity index (χ1n) is 5.09. The van der Waals surface area contributed by atoms with Crippen LogP contribution >= 0.6 is 23.2 Å². The van der Waals surface area contributed by atoms with Gasteiger partial charge < -0.3 is 5.11 Å². The number of aliphatic hydroxyl groups excluding tert-OH is 1. The van der Waals surface area contributed by atoms with Crippen LogP contribution in [0.3, 0.4) is 0 Å². The van der Waals surface area contributed by atoms with Crippen LogP contribution in [0.5, 0.6) is 0 Å². The highest BCUT2D eigenvalue weighted by molar-refractivity contribution is 6.34. The Bertz CT molecular complexity index is 326. The van der Waals surface area contributed by atoms with Gasteiger partial charge in [-0.25, -0.2) is 0 Å². The van der Waals surface area contributed by atoms with E-state index in [2.05, 4.69) is 4.98 Å². The average Bonchev–Trinajstić information content (AvgIpc) is 2.19. The lowest BCUT2D eigenvalue weighted by Gasteiger charge is -2.20. The molecule has 0 saturated heterocycles. The minimum Gasteiger partial charge on any atom is -0.386 e. The van der Waals surface area contributed by atoms with Crippen molar-refractivity contribution >= 4 is 23.2 Å². The molecule has 0 spiro atoms. The van der Waals surface area contributed by atoms with Crippen molar-refractivity contribution in [3.05, 3.63) is 28.0 Å². The molecule has 1 atom stereocenters. The Kier molecular flexibility index (Phi) is 4.84. The number of hydrogen-bond donors (Lipinski definition) is 1. The van der Waals surface area contributed by atoms with Gasteiger partial charge >= 0.3 is 0 Å². The van der Waals surface area contributed by atoms with Crippen LogP contribution in [-0.2, 0) is 0 Å². The molecule has 0 aliphatic rings. The Hall–Kier alpha value is -0.310. The van der Waals surface area contributed by atoms with Gasteiger partial charge in [-0.2, -0.15) is 0 Å². The molecule has 15 heavy (non-hydrogen) atoms. The standard InChI is InChI=1S/C11H15Cl2NO/c1-3-7(4-2)11(15)10-9(13)5-8(12)6-14-10/h5-7,11,15H,3-4H2,1-2H3. The average molecular weight is 248 g/mol. The summed E-state index contributed by atoms with van der Waals surface area (Å²) in [6.07, 6.45) is 2.70. The van der Waals surface area contributed by atoms with Crippen molar-refractivity contribution in [2.24, 2.45) is 5.92 Å². The van der Waals surface area contributed by atoms with Gasteiger partial charge in [-0.15, -0.1) is 0 Å². The highest BCUT2D eigenvalue weighted by atomic mass is 35.5. The Morgan fingerprint density at radius 1 is 1.33 bits per heavy atom. The summed E-state index contributed by atoms with van der Waals surface area (Å²) in [6.45, 7) is 4.09. The summed E-state index contributed by atoms with van der Waals surface area (Å²) < 4.78 is 0. The summed E-state index contributed by atoms with van der Waals surface area (Å²) in [5.74, 6) is 0.191. The molecule has 2 nitrogen and oxygen atoms in total. The zero-order valence-corrected chi connectivity index (χ0v) is 10.4. The van der Waals surface area contributed by atoms with Gasteiger partial charge in [0.2, 0.25) is 0 Å². The number of rotatable bonds is 4. The van der Waals surface area contributed by atoms with Crippen molar-refractivity contribution in [1.29, 1.82) is 0 Å². The lowest BCUT2D eigenvalue weighted by molar-refractivity contribution is 0.0992. The number of aromatic nitrogens is 1. The quantitative estimate of drug-likeness (QED) is 0.877. The molecule has 1 aromatic heterocycles. The molecule has 0 saturated carbocycles. The van der Waals surface area contributed by atoms with E-state index in [4.69, 9.17) is 23.2 Å². The Morgan fingerprint density at radius 3 is 2.40 bits per heavy atom. The zero-order valence-electron chi connectivity index (χ0n) is 8.87. The van der Waals surface area contributed by atoms with Gasteiger partial charge in [-0.3, -0.25) is 4.98 Å². The minimum atomic E-state index is -0.607. The van der Waals surface area contributed by atoms with Crippen molar-refractivity contribution in [1.82, 2.24) is 4.98 Å². The number of pyridine rings is 1. The smallest absolute Gasteiger partial charge is 0.100 e. The van der Waals surface area contributed by atoms with Crippen molar-refractivity contribution in [3.63, 3.8) is 0 Å². The second-order valence-electron chi connectivity index (χ2n) is 3.54. The fourth-order valence-electron chi connectivity index (χ4n) is 1.60. The van der Waals surface area contributed by atoms with Crippen molar-refractivity contribution < 1.29 is 5.11 Å². The normalized spacial score (nSPS) is 13.2. The number of hydrogen-bond acceptors (Lipinski definition) is 2. The van der Waals surface area contributed by atoms with E-state index in [0.29, 0.717) is 15.7 Å².